The number of carbonyl (C=O) groups is 1. The van der Waals surface area contributed by atoms with E-state index in [0.29, 0.717) is 24.0 Å². The number of anilines is 2. The Bertz CT molecular complexity index is 1410. The van der Waals surface area contributed by atoms with Gasteiger partial charge in [-0.25, -0.2) is 17.9 Å². The number of aromatic nitrogens is 3. The number of nitriles is 1. The Morgan fingerprint density at radius 3 is 2.65 bits per heavy atom. The molecule has 4 rings (SSSR count). The number of hydrogen-bond acceptors (Lipinski definition) is 9. The van der Waals surface area contributed by atoms with Crippen molar-refractivity contribution in [1.82, 2.24) is 14.8 Å². The van der Waals surface area contributed by atoms with Gasteiger partial charge in [0, 0.05) is 24.1 Å². The van der Waals surface area contributed by atoms with Crippen LogP contribution in [0.25, 0.3) is 10.9 Å². The van der Waals surface area contributed by atoms with Gasteiger partial charge in [-0.2, -0.15) is 10.4 Å². The molecule has 1 saturated heterocycles. The van der Waals surface area contributed by atoms with E-state index in [9.17, 15) is 23.3 Å². The molecule has 0 saturated carbocycles. The molecule has 0 spiro atoms. The number of hydrogen-bond donors (Lipinski definition) is 2. The third kappa shape index (κ3) is 4.52. The molecular weight excluding hydrogens is 462 g/mol. The van der Waals surface area contributed by atoms with Crippen molar-refractivity contribution in [3.63, 3.8) is 0 Å². The molecule has 3 atom stereocenters. The van der Waals surface area contributed by atoms with E-state index in [1.807, 2.05) is 0 Å². The highest BCUT2D eigenvalue weighted by atomic mass is 32.2. The molecule has 3 aromatic rings. The van der Waals surface area contributed by atoms with Crippen LogP contribution in [0.1, 0.15) is 18.9 Å². The summed E-state index contributed by atoms with van der Waals surface area (Å²) in [6.45, 7) is 0.165. The van der Waals surface area contributed by atoms with Crippen molar-refractivity contribution in [2.75, 3.05) is 25.3 Å². The van der Waals surface area contributed by atoms with E-state index in [-0.39, 0.29) is 34.2 Å². The smallest absolute Gasteiger partial charge is 0.334 e. The average Bonchev–Trinajstić information content (AvgIpc) is 3.18. The number of fused-ring (bicyclic) bond motifs is 1. The molecule has 0 radical (unpaired) electrons. The minimum absolute atomic E-state index is 0.165. The fraction of sp³-hybridized carbons (Fsp3) is 0.364. The maximum Gasteiger partial charge on any atom is 0.334 e. The van der Waals surface area contributed by atoms with Crippen LogP contribution in [-0.2, 0) is 24.1 Å². The van der Waals surface area contributed by atoms with E-state index < -0.39 is 28.0 Å². The number of sulfone groups is 1. The van der Waals surface area contributed by atoms with Crippen LogP contribution < -0.4 is 10.9 Å². The molecule has 2 N–H and O–H groups in total. The van der Waals surface area contributed by atoms with Crippen LogP contribution in [0.4, 0.5) is 11.5 Å². The standard InChI is InChI=1S/C22H23N5O6S/c1-32-22(29)18-8-3-13(12-33-18)17(11-23)27-16-9-10-24-21(28)19(16)20(26-27)25-14-4-6-15(7-5-14)34(2,30)31/h4-7,9-10,13,17-18H,3,8,12H2,1-2H3,(H,24,28)(H,25,26). The lowest BCUT2D eigenvalue weighted by Crippen LogP contribution is -2.36. The zero-order valence-electron chi connectivity index (χ0n) is 18.5. The molecule has 3 unspecified atom stereocenters. The molecule has 0 aliphatic carbocycles. The number of nitrogens with one attached hydrogen (secondary N) is 2. The summed E-state index contributed by atoms with van der Waals surface area (Å²) >= 11 is 0. The van der Waals surface area contributed by atoms with Gasteiger partial charge in [0.05, 0.1) is 30.2 Å². The van der Waals surface area contributed by atoms with Gasteiger partial charge in [-0.15, -0.1) is 0 Å². The Kier molecular flexibility index (Phi) is 6.41. The van der Waals surface area contributed by atoms with Gasteiger partial charge in [0.1, 0.15) is 11.4 Å². The fourth-order valence-electron chi connectivity index (χ4n) is 4.02. The van der Waals surface area contributed by atoms with Crippen LogP contribution in [0.2, 0.25) is 0 Å². The minimum Gasteiger partial charge on any atom is -0.467 e. The van der Waals surface area contributed by atoms with Crippen molar-refractivity contribution in [3.8, 4) is 6.07 Å². The van der Waals surface area contributed by atoms with Gasteiger partial charge in [-0.05, 0) is 43.2 Å². The third-order valence-corrected chi connectivity index (χ3v) is 6.92. The molecule has 3 heterocycles. The number of H-pyrrole nitrogens is 1. The summed E-state index contributed by atoms with van der Waals surface area (Å²) in [5, 5.41) is 17.8. The predicted molar refractivity (Wildman–Crippen MR) is 122 cm³/mol. The minimum atomic E-state index is -3.35. The Balaban J connectivity index is 1.67. The molecule has 1 fully saturated rings. The van der Waals surface area contributed by atoms with Crippen LogP contribution in [0, 0.1) is 17.2 Å². The second-order valence-electron chi connectivity index (χ2n) is 8.04. The van der Waals surface area contributed by atoms with E-state index in [0.717, 1.165) is 6.26 Å². The molecule has 34 heavy (non-hydrogen) atoms. The highest BCUT2D eigenvalue weighted by molar-refractivity contribution is 7.90. The maximum absolute atomic E-state index is 12.6. The first-order valence-electron chi connectivity index (χ1n) is 10.5. The average molecular weight is 486 g/mol. The van der Waals surface area contributed by atoms with Gasteiger partial charge in [-0.3, -0.25) is 4.79 Å². The zero-order valence-corrected chi connectivity index (χ0v) is 19.3. The van der Waals surface area contributed by atoms with Crippen LogP contribution in [0.5, 0.6) is 0 Å². The summed E-state index contributed by atoms with van der Waals surface area (Å²) in [5.74, 6) is -0.472. The molecule has 0 amide bonds. The Morgan fingerprint density at radius 1 is 1.32 bits per heavy atom. The second-order valence-corrected chi connectivity index (χ2v) is 10.1. The molecule has 1 aromatic carbocycles. The van der Waals surface area contributed by atoms with Crippen LogP contribution >= 0.6 is 0 Å². The molecule has 1 aliphatic heterocycles. The molecule has 178 valence electrons. The fourth-order valence-corrected chi connectivity index (χ4v) is 4.65. The highest BCUT2D eigenvalue weighted by Gasteiger charge is 2.34. The normalized spacial score (nSPS) is 19.3. The number of esters is 1. The van der Waals surface area contributed by atoms with E-state index in [1.165, 1.54) is 30.1 Å². The third-order valence-electron chi connectivity index (χ3n) is 5.79. The van der Waals surface area contributed by atoms with Crippen molar-refractivity contribution >= 4 is 38.2 Å². The monoisotopic (exact) mass is 485 g/mol. The number of pyridine rings is 1. The summed E-state index contributed by atoms with van der Waals surface area (Å²) < 4.78 is 35.3. The van der Waals surface area contributed by atoms with Gasteiger partial charge in [0.15, 0.2) is 21.8 Å². The Morgan fingerprint density at radius 2 is 2.06 bits per heavy atom. The molecule has 0 bridgehead atoms. The van der Waals surface area contributed by atoms with Gasteiger partial charge in [0.25, 0.3) is 5.56 Å². The zero-order chi connectivity index (χ0) is 24.5. The lowest BCUT2D eigenvalue weighted by atomic mass is 9.92. The Labute approximate surface area is 195 Å². The predicted octanol–water partition coefficient (Wildman–Crippen LogP) is 1.90. The number of methoxy groups -OCH3 is 1. The molecule has 12 heteroatoms. The quantitative estimate of drug-likeness (QED) is 0.498. The van der Waals surface area contributed by atoms with E-state index in [1.54, 1.807) is 18.2 Å². The van der Waals surface area contributed by atoms with Crippen molar-refractivity contribution in [2.24, 2.45) is 5.92 Å². The maximum atomic E-state index is 12.6. The first-order valence-corrected chi connectivity index (χ1v) is 12.4. The number of rotatable bonds is 6. The number of benzene rings is 1. The molecular formula is C22H23N5O6S. The van der Waals surface area contributed by atoms with Crippen molar-refractivity contribution in [2.45, 2.75) is 29.9 Å². The van der Waals surface area contributed by atoms with Crippen molar-refractivity contribution in [3.05, 3.63) is 46.9 Å². The van der Waals surface area contributed by atoms with E-state index in [2.05, 4.69) is 21.5 Å². The summed E-state index contributed by atoms with van der Waals surface area (Å²) in [6.07, 6.45) is 2.89. The van der Waals surface area contributed by atoms with Gasteiger partial charge in [-0.1, -0.05) is 0 Å². The van der Waals surface area contributed by atoms with Gasteiger partial charge < -0.3 is 19.8 Å². The van der Waals surface area contributed by atoms with E-state index in [4.69, 9.17) is 9.47 Å². The van der Waals surface area contributed by atoms with Crippen LogP contribution in [0.15, 0.2) is 46.2 Å². The summed E-state index contributed by atoms with van der Waals surface area (Å²) in [7, 11) is -2.05. The first-order chi connectivity index (χ1) is 16.2. The molecule has 2 aromatic heterocycles. The van der Waals surface area contributed by atoms with Gasteiger partial charge in [0.2, 0.25) is 0 Å². The SMILES string of the molecule is COC(=O)C1CCC(C(C#N)n2nc(Nc3ccc(S(C)(=O)=O)cc3)c3c(=O)[nH]ccc32)CO1. The number of aromatic amines is 1. The summed E-state index contributed by atoms with van der Waals surface area (Å²) in [5.41, 5.74) is 0.597. The molecule has 1 aliphatic rings. The van der Waals surface area contributed by atoms with Crippen LogP contribution in [0.3, 0.4) is 0 Å². The Hall–Kier alpha value is -3.69. The number of ether oxygens (including phenoxy) is 2. The van der Waals surface area contributed by atoms with E-state index >= 15 is 0 Å². The number of nitrogens with zero attached hydrogens (tertiary/aromatic N) is 3. The molecule has 11 nitrogen and oxygen atoms in total. The summed E-state index contributed by atoms with van der Waals surface area (Å²) in [4.78, 5) is 27.2. The van der Waals surface area contributed by atoms with Crippen molar-refractivity contribution < 1.29 is 22.7 Å². The summed E-state index contributed by atoms with van der Waals surface area (Å²) in [6, 6.07) is 9.22. The lowest BCUT2D eigenvalue weighted by Gasteiger charge is -2.30. The second kappa shape index (κ2) is 9.28. The first kappa shape index (κ1) is 23.5. The number of carbonyl (C=O) groups excluding carboxylic acids is 1. The van der Waals surface area contributed by atoms with Crippen molar-refractivity contribution in [1.29, 1.82) is 5.26 Å². The van der Waals surface area contributed by atoms with Gasteiger partial charge >= 0.3 is 5.97 Å². The highest BCUT2D eigenvalue weighted by Crippen LogP contribution is 2.33. The topological polar surface area (TPSA) is 156 Å². The lowest BCUT2D eigenvalue weighted by molar-refractivity contribution is -0.159. The largest absolute Gasteiger partial charge is 0.467 e. The van der Waals surface area contributed by atoms with Crippen LogP contribution in [-0.4, -0.2) is 55.2 Å².